The summed E-state index contributed by atoms with van der Waals surface area (Å²) in [6.07, 6.45) is 7.62. The van der Waals surface area contributed by atoms with Gasteiger partial charge in [0.15, 0.2) is 0 Å². The summed E-state index contributed by atoms with van der Waals surface area (Å²) in [6.45, 7) is 7.22. The third-order valence-corrected chi connectivity index (χ3v) is 7.08. The number of primary amides is 1. The molecule has 1 amide bonds. The summed E-state index contributed by atoms with van der Waals surface area (Å²) in [5.74, 6) is -0.0897. The molecule has 5 heteroatoms. The highest BCUT2D eigenvalue weighted by atomic mass is 16.3. The topological polar surface area (TPSA) is 71.5 Å². The number of rotatable bonds is 10. The number of amides is 1. The monoisotopic (exact) mass is 459 g/mol. The minimum atomic E-state index is -0.365. The first-order valence-corrected chi connectivity index (χ1v) is 12.6. The Hall–Kier alpha value is -3.21. The highest BCUT2D eigenvalue weighted by Gasteiger charge is 2.25. The van der Waals surface area contributed by atoms with Crippen molar-refractivity contribution in [3.8, 4) is 16.9 Å². The lowest BCUT2D eigenvalue weighted by molar-refractivity contribution is 0.1000. The zero-order valence-corrected chi connectivity index (χ0v) is 20.5. The first-order valence-electron chi connectivity index (χ1n) is 12.6. The minimum Gasteiger partial charge on any atom is -0.508 e. The molecule has 2 aromatic carbocycles. The Bertz CT molecular complexity index is 1110. The summed E-state index contributed by atoms with van der Waals surface area (Å²) in [4.78, 5) is 15.1. The zero-order valence-electron chi connectivity index (χ0n) is 20.5. The van der Waals surface area contributed by atoms with Crippen molar-refractivity contribution in [2.75, 3.05) is 18.0 Å². The van der Waals surface area contributed by atoms with Crippen LogP contribution >= 0.6 is 0 Å². The van der Waals surface area contributed by atoms with Gasteiger partial charge in [-0.1, -0.05) is 44.0 Å². The third kappa shape index (κ3) is 5.14. The number of phenolic OH excluding ortho intramolecular Hbond substituents is 1. The van der Waals surface area contributed by atoms with Crippen molar-refractivity contribution >= 4 is 11.6 Å². The Balaban J connectivity index is 1.72. The fraction of sp³-hybridized carbons (Fsp3) is 0.414. The van der Waals surface area contributed by atoms with Crippen LogP contribution in [0.25, 0.3) is 11.1 Å². The number of nitrogens with zero attached hydrogens (tertiary/aromatic N) is 2. The second kappa shape index (κ2) is 10.8. The maximum Gasteiger partial charge on any atom is 0.251 e. The predicted molar refractivity (Wildman–Crippen MR) is 140 cm³/mol. The summed E-state index contributed by atoms with van der Waals surface area (Å²) < 4.78 is 2.30. The number of carbonyl (C=O) groups excluding carboxylic acids is 1. The Kier molecular flexibility index (Phi) is 7.61. The van der Waals surface area contributed by atoms with Crippen LogP contribution in [0.2, 0.25) is 0 Å². The van der Waals surface area contributed by atoms with E-state index in [0.717, 1.165) is 74.1 Å². The number of carbonyl (C=O) groups is 1. The highest BCUT2D eigenvalue weighted by Crippen LogP contribution is 2.35. The van der Waals surface area contributed by atoms with Crippen LogP contribution in [-0.2, 0) is 19.4 Å². The smallest absolute Gasteiger partial charge is 0.251 e. The van der Waals surface area contributed by atoms with E-state index in [1.165, 1.54) is 24.2 Å². The van der Waals surface area contributed by atoms with E-state index in [2.05, 4.69) is 40.7 Å². The molecule has 1 aliphatic heterocycles. The summed E-state index contributed by atoms with van der Waals surface area (Å²) in [5, 5.41) is 9.61. The quantitative estimate of drug-likeness (QED) is 0.374. The molecule has 4 rings (SSSR count). The van der Waals surface area contributed by atoms with E-state index in [1.54, 1.807) is 12.1 Å². The van der Waals surface area contributed by atoms with Gasteiger partial charge in [-0.15, -0.1) is 0 Å². The Morgan fingerprint density at radius 2 is 1.65 bits per heavy atom. The van der Waals surface area contributed by atoms with E-state index in [1.807, 2.05) is 19.1 Å². The number of anilines is 1. The second-order valence-electron chi connectivity index (χ2n) is 9.41. The van der Waals surface area contributed by atoms with Crippen molar-refractivity contribution in [1.29, 1.82) is 0 Å². The van der Waals surface area contributed by atoms with Crippen molar-refractivity contribution < 1.29 is 9.90 Å². The van der Waals surface area contributed by atoms with Gasteiger partial charge >= 0.3 is 0 Å². The lowest BCUT2D eigenvalue weighted by Gasteiger charge is -2.18. The normalized spacial score (nSPS) is 13.5. The SMILES string of the molecule is CCCCCc1c(-c2ccc(N3CCCC3)cc2)c(C(N)=O)c(C)n1CCc1ccc(O)cc1. The summed E-state index contributed by atoms with van der Waals surface area (Å²) >= 11 is 0. The van der Waals surface area contributed by atoms with E-state index in [0.29, 0.717) is 5.56 Å². The molecule has 1 aromatic heterocycles. The standard InChI is InChI=1S/C29H37N3O2/c1-3-4-5-8-26-28(23-11-13-24(14-12-23)31-18-6-7-19-31)27(29(30)34)21(2)32(26)20-17-22-9-15-25(33)16-10-22/h9-16,33H,3-8,17-20H2,1-2H3,(H2,30,34). The van der Waals surface area contributed by atoms with Crippen molar-refractivity contribution in [1.82, 2.24) is 4.57 Å². The van der Waals surface area contributed by atoms with Gasteiger partial charge in [0.25, 0.3) is 5.91 Å². The summed E-state index contributed by atoms with van der Waals surface area (Å²) in [6, 6.07) is 16.0. The van der Waals surface area contributed by atoms with Gasteiger partial charge in [-0.3, -0.25) is 4.79 Å². The fourth-order valence-corrected chi connectivity index (χ4v) is 5.23. The Morgan fingerprint density at radius 3 is 2.26 bits per heavy atom. The molecule has 0 atom stereocenters. The molecule has 180 valence electrons. The van der Waals surface area contributed by atoms with Gasteiger partial charge in [-0.05, 0) is 74.4 Å². The number of aryl methyl sites for hydroxylation is 1. The van der Waals surface area contributed by atoms with Crippen LogP contribution in [0.3, 0.4) is 0 Å². The molecule has 1 aliphatic rings. The van der Waals surface area contributed by atoms with Gasteiger partial charge in [0.05, 0.1) is 5.56 Å². The van der Waals surface area contributed by atoms with Crippen LogP contribution in [0, 0.1) is 6.92 Å². The van der Waals surface area contributed by atoms with Gasteiger partial charge < -0.3 is 20.3 Å². The highest BCUT2D eigenvalue weighted by molar-refractivity contribution is 6.02. The number of aromatic nitrogens is 1. The van der Waals surface area contributed by atoms with E-state index in [-0.39, 0.29) is 11.7 Å². The van der Waals surface area contributed by atoms with Crippen molar-refractivity contribution in [2.24, 2.45) is 5.73 Å². The van der Waals surface area contributed by atoms with Crippen LogP contribution in [0.15, 0.2) is 48.5 Å². The first-order chi connectivity index (χ1) is 16.5. The molecule has 0 radical (unpaired) electrons. The first kappa shape index (κ1) is 23.9. The zero-order chi connectivity index (χ0) is 24.1. The van der Waals surface area contributed by atoms with E-state index in [4.69, 9.17) is 5.73 Å². The number of benzene rings is 2. The molecule has 5 nitrogen and oxygen atoms in total. The minimum absolute atomic E-state index is 0.275. The van der Waals surface area contributed by atoms with E-state index in [9.17, 15) is 9.90 Å². The number of nitrogens with two attached hydrogens (primary N) is 1. The molecule has 0 unspecified atom stereocenters. The molecule has 1 fully saturated rings. The molecule has 0 aliphatic carbocycles. The summed E-state index contributed by atoms with van der Waals surface area (Å²) in [5.41, 5.74) is 13.2. The van der Waals surface area contributed by atoms with Crippen LogP contribution in [0.5, 0.6) is 5.75 Å². The van der Waals surface area contributed by atoms with Gasteiger partial charge in [0, 0.05) is 42.3 Å². The molecule has 0 spiro atoms. The van der Waals surface area contributed by atoms with Crippen molar-refractivity contribution in [3.63, 3.8) is 0 Å². The number of unbranched alkanes of at least 4 members (excludes halogenated alkanes) is 2. The third-order valence-electron chi connectivity index (χ3n) is 7.08. The largest absolute Gasteiger partial charge is 0.508 e. The molecule has 3 N–H and O–H groups in total. The lowest BCUT2D eigenvalue weighted by Crippen LogP contribution is -2.17. The molecule has 2 heterocycles. The molecule has 0 bridgehead atoms. The lowest BCUT2D eigenvalue weighted by atomic mass is 9.97. The number of hydrogen-bond acceptors (Lipinski definition) is 3. The maximum atomic E-state index is 12.7. The maximum absolute atomic E-state index is 12.7. The fourth-order valence-electron chi connectivity index (χ4n) is 5.23. The molecule has 34 heavy (non-hydrogen) atoms. The number of phenols is 1. The Morgan fingerprint density at radius 1 is 0.971 bits per heavy atom. The second-order valence-corrected chi connectivity index (χ2v) is 9.41. The van der Waals surface area contributed by atoms with Crippen LogP contribution in [-0.4, -0.2) is 28.7 Å². The van der Waals surface area contributed by atoms with Crippen LogP contribution < -0.4 is 10.6 Å². The summed E-state index contributed by atoms with van der Waals surface area (Å²) in [7, 11) is 0. The average Bonchev–Trinajstić information content (AvgIpc) is 3.46. The van der Waals surface area contributed by atoms with Crippen molar-refractivity contribution in [2.45, 2.75) is 65.3 Å². The molecule has 1 saturated heterocycles. The molecule has 0 saturated carbocycles. The predicted octanol–water partition coefficient (Wildman–Crippen LogP) is 5.84. The van der Waals surface area contributed by atoms with Crippen LogP contribution in [0.4, 0.5) is 5.69 Å². The van der Waals surface area contributed by atoms with Gasteiger partial charge in [0.2, 0.25) is 0 Å². The number of hydrogen-bond donors (Lipinski definition) is 2. The average molecular weight is 460 g/mol. The van der Waals surface area contributed by atoms with Gasteiger partial charge in [0.1, 0.15) is 5.75 Å². The number of aromatic hydroxyl groups is 1. The Labute approximate surface area is 203 Å². The molecular formula is C29H37N3O2. The molecule has 3 aromatic rings. The van der Waals surface area contributed by atoms with E-state index >= 15 is 0 Å². The van der Waals surface area contributed by atoms with Gasteiger partial charge in [-0.25, -0.2) is 0 Å². The van der Waals surface area contributed by atoms with E-state index < -0.39 is 0 Å². The van der Waals surface area contributed by atoms with Crippen molar-refractivity contribution in [3.05, 3.63) is 71.0 Å². The van der Waals surface area contributed by atoms with Crippen LogP contribution in [0.1, 0.15) is 66.3 Å². The molecular weight excluding hydrogens is 422 g/mol. The van der Waals surface area contributed by atoms with Gasteiger partial charge in [-0.2, -0.15) is 0 Å².